The Labute approximate surface area is 159 Å². The second kappa shape index (κ2) is 8.81. The van der Waals surface area contributed by atoms with Gasteiger partial charge in [0.15, 0.2) is 5.78 Å². The molecule has 2 rings (SSSR count). The second-order valence-corrected chi connectivity index (χ2v) is 6.60. The summed E-state index contributed by atoms with van der Waals surface area (Å²) >= 11 is 0. The molecular weight excluding hydrogens is 338 g/mol. The van der Waals surface area contributed by atoms with Gasteiger partial charge in [-0.3, -0.25) is 9.59 Å². The van der Waals surface area contributed by atoms with Crippen LogP contribution in [0.4, 0.5) is 11.4 Å². The van der Waals surface area contributed by atoms with E-state index in [0.717, 1.165) is 16.8 Å². The fourth-order valence-corrected chi connectivity index (χ4v) is 2.68. The maximum Gasteiger partial charge on any atom is 0.267 e. The minimum atomic E-state index is -0.537. The molecule has 0 aliphatic rings. The summed E-state index contributed by atoms with van der Waals surface area (Å²) in [4.78, 5) is 23.9. The Morgan fingerprint density at radius 3 is 2.48 bits per heavy atom. The van der Waals surface area contributed by atoms with Crippen LogP contribution in [0.1, 0.15) is 48.2 Å². The molecular formula is C22H23N3O2. The van der Waals surface area contributed by atoms with E-state index in [1.807, 2.05) is 31.2 Å². The predicted octanol–water partition coefficient (Wildman–Crippen LogP) is 4.78. The normalized spacial score (nSPS) is 11.0. The van der Waals surface area contributed by atoms with Crippen molar-refractivity contribution in [1.82, 2.24) is 0 Å². The highest BCUT2D eigenvalue weighted by atomic mass is 16.1. The number of nitriles is 1. The molecule has 0 bridgehead atoms. The summed E-state index contributed by atoms with van der Waals surface area (Å²) in [7, 11) is 0. The van der Waals surface area contributed by atoms with Crippen molar-refractivity contribution in [3.63, 3.8) is 0 Å². The van der Waals surface area contributed by atoms with Crippen LogP contribution < -0.4 is 10.6 Å². The van der Waals surface area contributed by atoms with Crippen molar-refractivity contribution in [3.8, 4) is 6.07 Å². The largest absolute Gasteiger partial charge is 0.360 e. The highest BCUT2D eigenvalue weighted by Crippen LogP contribution is 2.27. The summed E-state index contributed by atoms with van der Waals surface area (Å²) in [5, 5.41) is 15.1. The average Bonchev–Trinajstić information content (AvgIpc) is 2.63. The Bertz CT molecular complexity index is 937. The van der Waals surface area contributed by atoms with Gasteiger partial charge in [0, 0.05) is 23.1 Å². The van der Waals surface area contributed by atoms with Gasteiger partial charge < -0.3 is 10.6 Å². The van der Waals surface area contributed by atoms with Gasteiger partial charge in [0.1, 0.15) is 11.6 Å². The van der Waals surface area contributed by atoms with E-state index in [4.69, 9.17) is 0 Å². The first-order chi connectivity index (χ1) is 12.8. The Kier molecular flexibility index (Phi) is 6.51. The highest BCUT2D eigenvalue weighted by Gasteiger charge is 2.12. The monoisotopic (exact) mass is 361 g/mol. The van der Waals surface area contributed by atoms with E-state index in [-0.39, 0.29) is 11.4 Å². The summed E-state index contributed by atoms with van der Waals surface area (Å²) < 4.78 is 0. The number of amides is 1. The summed E-state index contributed by atoms with van der Waals surface area (Å²) in [5.74, 6) is -0.329. The minimum absolute atomic E-state index is 0.0545. The van der Waals surface area contributed by atoms with Crippen molar-refractivity contribution in [1.29, 1.82) is 5.26 Å². The van der Waals surface area contributed by atoms with Crippen LogP contribution in [0.2, 0.25) is 0 Å². The molecule has 138 valence electrons. The van der Waals surface area contributed by atoms with Gasteiger partial charge in [-0.15, -0.1) is 0 Å². The van der Waals surface area contributed by atoms with E-state index in [1.165, 1.54) is 13.1 Å². The van der Waals surface area contributed by atoms with Crippen LogP contribution in [0.15, 0.2) is 54.2 Å². The fraction of sp³-hybridized carbons (Fsp3) is 0.227. The zero-order valence-electron chi connectivity index (χ0n) is 16.0. The third kappa shape index (κ3) is 5.05. The van der Waals surface area contributed by atoms with E-state index in [9.17, 15) is 14.9 Å². The molecule has 0 heterocycles. The van der Waals surface area contributed by atoms with E-state index < -0.39 is 5.91 Å². The molecule has 0 atom stereocenters. The minimum Gasteiger partial charge on any atom is -0.360 e. The number of para-hydroxylation sites is 1. The van der Waals surface area contributed by atoms with Gasteiger partial charge in [0.2, 0.25) is 0 Å². The summed E-state index contributed by atoms with van der Waals surface area (Å²) in [6.45, 7) is 7.61. The zero-order chi connectivity index (χ0) is 20.0. The number of nitrogens with one attached hydrogen (secondary N) is 2. The highest BCUT2D eigenvalue weighted by molar-refractivity contribution is 6.07. The number of hydrogen-bond acceptors (Lipinski definition) is 4. The van der Waals surface area contributed by atoms with Gasteiger partial charge in [-0.25, -0.2) is 0 Å². The molecule has 2 aromatic rings. The molecule has 0 aromatic heterocycles. The van der Waals surface area contributed by atoms with Crippen LogP contribution in [-0.2, 0) is 4.79 Å². The lowest BCUT2D eigenvalue weighted by atomic mass is 9.98. The number of nitrogens with zero attached hydrogens (tertiary/aromatic N) is 1. The lowest BCUT2D eigenvalue weighted by Crippen LogP contribution is -2.15. The third-order valence-electron chi connectivity index (χ3n) is 4.18. The number of anilines is 2. The van der Waals surface area contributed by atoms with Crippen LogP contribution in [-0.4, -0.2) is 11.7 Å². The van der Waals surface area contributed by atoms with Crippen LogP contribution in [0.3, 0.4) is 0 Å². The van der Waals surface area contributed by atoms with Gasteiger partial charge in [0.05, 0.1) is 0 Å². The topological polar surface area (TPSA) is 82.0 Å². The van der Waals surface area contributed by atoms with Gasteiger partial charge in [-0.1, -0.05) is 44.2 Å². The quantitative estimate of drug-likeness (QED) is 0.441. The van der Waals surface area contributed by atoms with Gasteiger partial charge in [-0.05, 0) is 43.0 Å². The van der Waals surface area contributed by atoms with Crippen molar-refractivity contribution in [2.24, 2.45) is 0 Å². The summed E-state index contributed by atoms with van der Waals surface area (Å²) in [5.41, 5.74) is 3.94. The summed E-state index contributed by atoms with van der Waals surface area (Å²) in [6, 6.07) is 14.5. The van der Waals surface area contributed by atoms with Crippen molar-refractivity contribution in [2.45, 2.75) is 33.6 Å². The number of carbonyl (C=O) groups excluding carboxylic acids is 2. The molecule has 2 N–H and O–H groups in total. The maximum atomic E-state index is 12.4. The predicted molar refractivity (Wildman–Crippen MR) is 108 cm³/mol. The molecule has 2 aromatic carbocycles. The molecule has 0 saturated heterocycles. The van der Waals surface area contributed by atoms with E-state index in [0.29, 0.717) is 17.2 Å². The van der Waals surface area contributed by atoms with Crippen molar-refractivity contribution in [2.75, 3.05) is 10.6 Å². The summed E-state index contributed by atoms with van der Waals surface area (Å²) in [6.07, 6.45) is 1.42. The lowest BCUT2D eigenvalue weighted by molar-refractivity contribution is -0.112. The molecule has 0 spiro atoms. The molecule has 5 nitrogen and oxygen atoms in total. The smallest absolute Gasteiger partial charge is 0.267 e. The number of ketones is 1. The van der Waals surface area contributed by atoms with Gasteiger partial charge in [-0.2, -0.15) is 5.26 Å². The first-order valence-corrected chi connectivity index (χ1v) is 8.72. The number of carbonyl (C=O) groups is 2. The van der Waals surface area contributed by atoms with E-state index >= 15 is 0 Å². The Morgan fingerprint density at radius 1 is 1.15 bits per heavy atom. The molecule has 27 heavy (non-hydrogen) atoms. The van der Waals surface area contributed by atoms with Crippen LogP contribution in [0.25, 0.3) is 0 Å². The van der Waals surface area contributed by atoms with Gasteiger partial charge in [0.25, 0.3) is 5.91 Å². The van der Waals surface area contributed by atoms with Crippen molar-refractivity contribution >= 4 is 23.1 Å². The van der Waals surface area contributed by atoms with Gasteiger partial charge >= 0.3 is 0 Å². The Balaban J connectivity index is 2.22. The van der Waals surface area contributed by atoms with Crippen LogP contribution in [0.5, 0.6) is 0 Å². The molecule has 0 saturated carbocycles. The fourth-order valence-electron chi connectivity index (χ4n) is 2.68. The Hall–Kier alpha value is -3.39. The number of Topliss-reactive ketones (excluding diaryl/α,β-unsaturated/α-hetero) is 1. The number of benzene rings is 2. The number of hydrogen-bond donors (Lipinski definition) is 2. The standard InChI is InChI=1S/C22H23N3O2/c1-14(2)20-10-5-7-15(3)21(20)24-13-18(12-23)22(27)25-19-9-6-8-17(11-19)16(4)26/h5-11,13-14,24H,1-4H3,(H,25,27)/b18-13-. The molecule has 0 radical (unpaired) electrons. The molecule has 0 unspecified atom stereocenters. The molecule has 0 aliphatic heterocycles. The maximum absolute atomic E-state index is 12.4. The molecule has 1 amide bonds. The average molecular weight is 361 g/mol. The first kappa shape index (κ1) is 19.9. The lowest BCUT2D eigenvalue weighted by Gasteiger charge is -2.15. The number of rotatable bonds is 6. The van der Waals surface area contributed by atoms with Crippen molar-refractivity contribution < 1.29 is 9.59 Å². The number of aryl methyl sites for hydroxylation is 1. The van der Waals surface area contributed by atoms with Crippen LogP contribution >= 0.6 is 0 Å². The zero-order valence-corrected chi connectivity index (χ0v) is 16.0. The third-order valence-corrected chi connectivity index (χ3v) is 4.18. The van der Waals surface area contributed by atoms with E-state index in [2.05, 4.69) is 24.5 Å². The van der Waals surface area contributed by atoms with E-state index in [1.54, 1.807) is 24.3 Å². The molecule has 0 aliphatic carbocycles. The SMILES string of the molecule is CC(=O)c1cccc(NC(=O)/C(C#N)=C\Nc2c(C)cccc2C(C)C)c1. The molecule has 0 fully saturated rings. The van der Waals surface area contributed by atoms with Crippen LogP contribution in [0, 0.1) is 18.3 Å². The second-order valence-electron chi connectivity index (χ2n) is 6.60. The first-order valence-electron chi connectivity index (χ1n) is 8.72. The molecule has 5 heteroatoms. The van der Waals surface area contributed by atoms with Crippen molar-refractivity contribution in [3.05, 3.63) is 70.9 Å². The Morgan fingerprint density at radius 2 is 1.85 bits per heavy atom.